The quantitative estimate of drug-likeness (QED) is 0.367. The SMILES string of the molecule is CCOC(=O)C1=C(C)NC2=C(C(=O)c3ccccc32)[C@@H]1c1cc(Br)ccc1OCc1ccc(F)cc1. The number of carbonyl (C=O) groups is 2. The standard InChI is InChI=1S/C29H23BrFNO4/c1-3-35-29(34)24-16(2)32-27-20-6-4-5-7-21(20)28(33)26(27)25(24)22-14-18(30)10-13-23(22)36-15-17-8-11-19(31)12-9-17/h4-14,25,32H,3,15H2,1-2H3/t25-/m1/s1. The van der Waals surface area contributed by atoms with Crippen LogP contribution >= 0.6 is 15.9 Å². The predicted octanol–water partition coefficient (Wildman–Crippen LogP) is 6.30. The van der Waals surface area contributed by atoms with Crippen LogP contribution in [0.25, 0.3) is 5.70 Å². The van der Waals surface area contributed by atoms with Gasteiger partial charge >= 0.3 is 5.97 Å². The van der Waals surface area contributed by atoms with E-state index in [4.69, 9.17) is 9.47 Å². The molecular weight excluding hydrogens is 525 g/mol. The molecule has 0 fully saturated rings. The molecule has 1 aliphatic heterocycles. The molecule has 0 saturated heterocycles. The predicted molar refractivity (Wildman–Crippen MR) is 138 cm³/mol. The maximum absolute atomic E-state index is 13.7. The van der Waals surface area contributed by atoms with Gasteiger partial charge in [0.05, 0.1) is 23.8 Å². The van der Waals surface area contributed by atoms with Crippen molar-refractivity contribution in [1.29, 1.82) is 0 Å². The number of nitrogens with one attached hydrogen (secondary N) is 1. The van der Waals surface area contributed by atoms with Crippen LogP contribution in [0.1, 0.15) is 46.8 Å². The van der Waals surface area contributed by atoms with Gasteiger partial charge in [0.2, 0.25) is 0 Å². The molecule has 1 heterocycles. The number of hydrogen-bond acceptors (Lipinski definition) is 5. The molecule has 3 aromatic rings. The average molecular weight is 548 g/mol. The van der Waals surface area contributed by atoms with E-state index >= 15 is 0 Å². The van der Waals surface area contributed by atoms with Crippen LogP contribution in [0.15, 0.2) is 88.0 Å². The Morgan fingerprint density at radius 2 is 1.78 bits per heavy atom. The topological polar surface area (TPSA) is 64.6 Å². The Labute approximate surface area is 216 Å². The molecule has 0 amide bonds. The Morgan fingerprint density at radius 3 is 2.50 bits per heavy atom. The Balaban J connectivity index is 1.64. The molecule has 0 bridgehead atoms. The lowest BCUT2D eigenvalue weighted by Gasteiger charge is -2.30. The summed E-state index contributed by atoms with van der Waals surface area (Å²) < 4.78 is 25.7. The summed E-state index contributed by atoms with van der Waals surface area (Å²) in [4.78, 5) is 26.9. The smallest absolute Gasteiger partial charge is 0.336 e. The fourth-order valence-corrected chi connectivity index (χ4v) is 5.12. The molecule has 182 valence electrons. The number of carbonyl (C=O) groups excluding carboxylic acids is 2. The van der Waals surface area contributed by atoms with E-state index < -0.39 is 11.9 Å². The maximum atomic E-state index is 13.7. The highest BCUT2D eigenvalue weighted by molar-refractivity contribution is 9.10. The second-order valence-corrected chi connectivity index (χ2v) is 9.49. The third-order valence-corrected chi connectivity index (χ3v) is 6.83. The number of dihydropyridines is 1. The van der Waals surface area contributed by atoms with Crippen molar-refractivity contribution < 1.29 is 23.5 Å². The molecule has 0 unspecified atom stereocenters. The zero-order valence-corrected chi connectivity index (χ0v) is 21.3. The molecule has 5 rings (SSSR count). The minimum Gasteiger partial charge on any atom is -0.489 e. The number of benzene rings is 3. The lowest BCUT2D eigenvalue weighted by atomic mass is 9.79. The van der Waals surface area contributed by atoms with E-state index in [0.29, 0.717) is 39.4 Å². The minimum absolute atomic E-state index is 0.142. The number of ketones is 1. The van der Waals surface area contributed by atoms with E-state index in [9.17, 15) is 14.0 Å². The van der Waals surface area contributed by atoms with E-state index in [0.717, 1.165) is 15.6 Å². The first-order chi connectivity index (χ1) is 17.4. The number of allylic oxidation sites excluding steroid dienone is 2. The third-order valence-electron chi connectivity index (χ3n) is 6.33. The first kappa shape index (κ1) is 24.0. The highest BCUT2D eigenvalue weighted by Gasteiger charge is 2.44. The zero-order valence-electron chi connectivity index (χ0n) is 19.7. The summed E-state index contributed by atoms with van der Waals surface area (Å²) in [5.74, 6) is -1.15. The van der Waals surface area contributed by atoms with Crippen molar-refractivity contribution >= 4 is 33.4 Å². The number of rotatable bonds is 6. The molecule has 7 heteroatoms. The highest BCUT2D eigenvalue weighted by Crippen LogP contribution is 2.49. The number of esters is 1. The van der Waals surface area contributed by atoms with Crippen molar-refractivity contribution in [2.24, 2.45) is 0 Å². The van der Waals surface area contributed by atoms with Gasteiger partial charge in [0.15, 0.2) is 5.78 Å². The monoisotopic (exact) mass is 547 g/mol. The number of halogens is 2. The summed E-state index contributed by atoms with van der Waals surface area (Å²) in [6, 6.07) is 19.0. The van der Waals surface area contributed by atoms with E-state index in [-0.39, 0.29) is 24.8 Å². The van der Waals surface area contributed by atoms with Gasteiger partial charge in [-0.2, -0.15) is 0 Å². The summed E-state index contributed by atoms with van der Waals surface area (Å²) in [5, 5.41) is 3.30. The molecule has 1 aliphatic carbocycles. The summed E-state index contributed by atoms with van der Waals surface area (Å²) in [7, 11) is 0. The fourth-order valence-electron chi connectivity index (χ4n) is 4.74. The van der Waals surface area contributed by atoms with Gasteiger partial charge in [-0.1, -0.05) is 52.3 Å². The van der Waals surface area contributed by atoms with Gasteiger partial charge in [0.1, 0.15) is 18.2 Å². The molecule has 36 heavy (non-hydrogen) atoms. The molecule has 0 radical (unpaired) electrons. The van der Waals surface area contributed by atoms with Crippen LogP contribution in [0.4, 0.5) is 4.39 Å². The van der Waals surface area contributed by atoms with Crippen molar-refractivity contribution in [3.05, 3.63) is 116 Å². The largest absolute Gasteiger partial charge is 0.489 e. The van der Waals surface area contributed by atoms with Crippen molar-refractivity contribution in [1.82, 2.24) is 5.32 Å². The van der Waals surface area contributed by atoms with Gasteiger partial charge in [-0.05, 0) is 49.7 Å². The summed E-state index contributed by atoms with van der Waals surface area (Å²) >= 11 is 3.54. The normalized spacial score (nSPS) is 16.4. The van der Waals surface area contributed by atoms with Crippen LogP contribution in [0.3, 0.4) is 0 Å². The van der Waals surface area contributed by atoms with Crippen LogP contribution in [0.5, 0.6) is 5.75 Å². The molecule has 1 N–H and O–H groups in total. The van der Waals surface area contributed by atoms with Gasteiger partial charge < -0.3 is 14.8 Å². The Morgan fingerprint density at radius 1 is 1.06 bits per heavy atom. The summed E-state index contributed by atoms with van der Waals surface area (Å²) in [6.07, 6.45) is 0. The molecule has 0 saturated carbocycles. The average Bonchev–Trinajstić information content (AvgIpc) is 3.15. The second kappa shape index (κ2) is 9.74. The molecule has 0 spiro atoms. The van der Waals surface area contributed by atoms with Gasteiger partial charge in [-0.3, -0.25) is 4.79 Å². The first-order valence-corrected chi connectivity index (χ1v) is 12.4. The van der Waals surface area contributed by atoms with E-state index in [2.05, 4.69) is 21.2 Å². The Hall–Kier alpha value is -3.71. The van der Waals surface area contributed by atoms with Crippen molar-refractivity contribution in [2.45, 2.75) is 26.4 Å². The Bertz CT molecular complexity index is 1440. The van der Waals surface area contributed by atoms with Crippen molar-refractivity contribution in [2.75, 3.05) is 6.61 Å². The zero-order chi connectivity index (χ0) is 25.4. The van der Waals surface area contributed by atoms with Crippen LogP contribution in [-0.2, 0) is 16.1 Å². The first-order valence-electron chi connectivity index (χ1n) is 11.6. The Kier molecular flexibility index (Phi) is 6.49. The van der Waals surface area contributed by atoms with Gasteiger partial charge in [0, 0.05) is 32.4 Å². The molecule has 1 atom stereocenters. The van der Waals surface area contributed by atoms with Crippen LogP contribution in [0, 0.1) is 5.82 Å². The van der Waals surface area contributed by atoms with Crippen molar-refractivity contribution in [3.8, 4) is 5.75 Å². The molecule has 0 aromatic heterocycles. The number of ether oxygens (including phenoxy) is 2. The van der Waals surface area contributed by atoms with Gasteiger partial charge in [0.25, 0.3) is 0 Å². The van der Waals surface area contributed by atoms with Crippen LogP contribution in [-0.4, -0.2) is 18.4 Å². The lowest BCUT2D eigenvalue weighted by Crippen LogP contribution is -2.29. The maximum Gasteiger partial charge on any atom is 0.336 e. The van der Waals surface area contributed by atoms with E-state index in [1.807, 2.05) is 37.3 Å². The van der Waals surface area contributed by atoms with Gasteiger partial charge in [-0.15, -0.1) is 0 Å². The molecular formula is C29H23BrFNO4. The second-order valence-electron chi connectivity index (χ2n) is 8.58. The summed E-state index contributed by atoms with van der Waals surface area (Å²) in [5.41, 5.74) is 4.98. The number of Topliss-reactive ketones (excluding diaryl/α,β-unsaturated/α-hetero) is 1. The number of hydrogen-bond donors (Lipinski definition) is 1. The van der Waals surface area contributed by atoms with Crippen molar-refractivity contribution in [3.63, 3.8) is 0 Å². The third kappa shape index (κ3) is 4.24. The van der Waals surface area contributed by atoms with Crippen LogP contribution < -0.4 is 10.1 Å². The molecule has 5 nitrogen and oxygen atoms in total. The minimum atomic E-state index is -0.707. The molecule has 2 aliphatic rings. The highest BCUT2D eigenvalue weighted by atomic mass is 79.9. The van der Waals surface area contributed by atoms with Gasteiger partial charge in [-0.25, -0.2) is 9.18 Å². The lowest BCUT2D eigenvalue weighted by molar-refractivity contribution is -0.138. The molecule has 3 aromatic carbocycles. The van der Waals surface area contributed by atoms with E-state index in [1.165, 1.54) is 12.1 Å². The summed E-state index contributed by atoms with van der Waals surface area (Å²) in [6.45, 7) is 3.95. The van der Waals surface area contributed by atoms with E-state index in [1.54, 1.807) is 31.2 Å². The number of fused-ring (bicyclic) bond motifs is 2. The fraction of sp³-hybridized carbons (Fsp3) is 0.172. The van der Waals surface area contributed by atoms with Crippen LogP contribution in [0.2, 0.25) is 0 Å².